The van der Waals surface area contributed by atoms with Crippen LogP contribution in [0.25, 0.3) is 0 Å². The van der Waals surface area contributed by atoms with Crippen molar-refractivity contribution < 1.29 is 27.1 Å². The fraction of sp³-hybridized carbons (Fsp3) is 0.250. The van der Waals surface area contributed by atoms with Crippen LogP contribution in [-0.4, -0.2) is 17.2 Å². The molecule has 0 radical (unpaired) electrons. The standard InChI is InChI=1S/C16H13F5O/c1-11-7-9-13(10-8-11)14(22,12-5-3-2-4-6-12)15(17,18)16(19,20)21/h2-10,22H,1H3. The van der Waals surface area contributed by atoms with Crippen LogP contribution in [0.1, 0.15) is 16.7 Å². The second-order valence-electron chi connectivity index (χ2n) is 5.01. The van der Waals surface area contributed by atoms with Crippen molar-refractivity contribution in [3.8, 4) is 0 Å². The normalized spacial score (nSPS) is 15.4. The van der Waals surface area contributed by atoms with Gasteiger partial charge in [-0.2, -0.15) is 22.0 Å². The minimum Gasteiger partial charge on any atom is -0.374 e. The minimum atomic E-state index is -5.90. The van der Waals surface area contributed by atoms with Crippen LogP contribution in [0.2, 0.25) is 0 Å². The highest BCUT2D eigenvalue weighted by Gasteiger charge is 2.71. The smallest absolute Gasteiger partial charge is 0.374 e. The van der Waals surface area contributed by atoms with E-state index in [2.05, 4.69) is 0 Å². The van der Waals surface area contributed by atoms with E-state index in [0.29, 0.717) is 5.56 Å². The predicted molar refractivity (Wildman–Crippen MR) is 71.6 cm³/mol. The first-order valence-electron chi connectivity index (χ1n) is 6.40. The second kappa shape index (κ2) is 5.35. The molecule has 1 atom stereocenters. The molecule has 2 aromatic rings. The molecule has 0 aromatic heterocycles. The minimum absolute atomic E-state index is 0.522. The summed E-state index contributed by atoms with van der Waals surface area (Å²) in [5, 5.41) is 10.4. The van der Waals surface area contributed by atoms with Crippen LogP contribution < -0.4 is 0 Å². The average Bonchev–Trinajstić information content (AvgIpc) is 2.46. The van der Waals surface area contributed by atoms with Gasteiger partial charge in [-0.3, -0.25) is 0 Å². The number of aliphatic hydroxyl groups is 1. The maximum atomic E-state index is 14.1. The molecule has 0 aliphatic carbocycles. The number of alkyl halides is 5. The Balaban J connectivity index is 2.73. The molecule has 0 bridgehead atoms. The Labute approximate surface area is 124 Å². The molecule has 0 aliphatic heterocycles. The molecule has 0 spiro atoms. The Morgan fingerprint density at radius 1 is 0.727 bits per heavy atom. The Morgan fingerprint density at radius 2 is 1.18 bits per heavy atom. The third-order valence-electron chi connectivity index (χ3n) is 3.47. The van der Waals surface area contributed by atoms with Crippen LogP contribution >= 0.6 is 0 Å². The summed E-state index contributed by atoms with van der Waals surface area (Å²) in [4.78, 5) is 0. The summed E-state index contributed by atoms with van der Waals surface area (Å²) >= 11 is 0. The summed E-state index contributed by atoms with van der Waals surface area (Å²) in [6.07, 6.45) is -5.90. The molecule has 2 aromatic carbocycles. The highest BCUT2D eigenvalue weighted by molar-refractivity contribution is 5.40. The monoisotopic (exact) mass is 316 g/mol. The summed E-state index contributed by atoms with van der Waals surface area (Å²) in [6.45, 7) is 1.66. The van der Waals surface area contributed by atoms with Crippen LogP contribution in [0.5, 0.6) is 0 Å². The molecule has 1 nitrogen and oxygen atoms in total. The molecule has 0 saturated carbocycles. The van der Waals surface area contributed by atoms with Gasteiger partial charge in [0.2, 0.25) is 0 Å². The van der Waals surface area contributed by atoms with E-state index in [-0.39, 0.29) is 0 Å². The third kappa shape index (κ3) is 2.47. The van der Waals surface area contributed by atoms with E-state index in [4.69, 9.17) is 0 Å². The van der Waals surface area contributed by atoms with Gasteiger partial charge in [0.15, 0.2) is 5.60 Å². The summed E-state index contributed by atoms with van der Waals surface area (Å²) < 4.78 is 66.8. The molecule has 22 heavy (non-hydrogen) atoms. The lowest BCUT2D eigenvalue weighted by Crippen LogP contribution is -2.55. The maximum absolute atomic E-state index is 14.1. The van der Waals surface area contributed by atoms with E-state index in [1.54, 1.807) is 6.92 Å². The number of hydrogen-bond donors (Lipinski definition) is 1. The van der Waals surface area contributed by atoms with Crippen molar-refractivity contribution in [1.29, 1.82) is 0 Å². The lowest BCUT2D eigenvalue weighted by molar-refractivity contribution is -0.336. The molecule has 0 aliphatic rings. The van der Waals surface area contributed by atoms with Gasteiger partial charge in [-0.1, -0.05) is 60.2 Å². The van der Waals surface area contributed by atoms with E-state index in [1.807, 2.05) is 0 Å². The van der Waals surface area contributed by atoms with Gasteiger partial charge in [0.05, 0.1) is 0 Å². The van der Waals surface area contributed by atoms with Crippen molar-refractivity contribution in [2.45, 2.75) is 24.6 Å². The van der Waals surface area contributed by atoms with Gasteiger partial charge in [0.1, 0.15) is 0 Å². The third-order valence-corrected chi connectivity index (χ3v) is 3.47. The second-order valence-corrected chi connectivity index (χ2v) is 5.01. The molecular formula is C16H13F5O. The SMILES string of the molecule is Cc1ccc(C(O)(c2ccccc2)C(F)(F)C(F)(F)F)cc1. The molecular weight excluding hydrogens is 303 g/mol. The topological polar surface area (TPSA) is 20.2 Å². The van der Waals surface area contributed by atoms with Gasteiger partial charge in [0, 0.05) is 0 Å². The molecule has 0 fully saturated rings. The Bertz CT molecular complexity index is 634. The molecule has 118 valence electrons. The van der Waals surface area contributed by atoms with Crippen molar-refractivity contribution in [2.24, 2.45) is 0 Å². The number of rotatable bonds is 3. The molecule has 6 heteroatoms. The Morgan fingerprint density at radius 3 is 1.64 bits per heavy atom. The zero-order valence-electron chi connectivity index (χ0n) is 11.5. The molecule has 2 rings (SSSR count). The summed E-state index contributed by atoms with van der Waals surface area (Å²) in [7, 11) is 0. The largest absolute Gasteiger partial charge is 0.457 e. The fourth-order valence-electron chi connectivity index (χ4n) is 2.21. The summed E-state index contributed by atoms with van der Waals surface area (Å²) in [5.74, 6) is -5.35. The number of halogens is 5. The fourth-order valence-corrected chi connectivity index (χ4v) is 2.21. The van der Waals surface area contributed by atoms with Crippen molar-refractivity contribution >= 4 is 0 Å². The first-order valence-corrected chi connectivity index (χ1v) is 6.40. The zero-order valence-corrected chi connectivity index (χ0v) is 11.5. The quantitative estimate of drug-likeness (QED) is 0.831. The zero-order chi connectivity index (χ0) is 16.6. The van der Waals surface area contributed by atoms with Gasteiger partial charge in [0.25, 0.3) is 0 Å². The number of aryl methyl sites for hydroxylation is 1. The van der Waals surface area contributed by atoms with Gasteiger partial charge < -0.3 is 5.11 Å². The van der Waals surface area contributed by atoms with Crippen molar-refractivity contribution in [2.75, 3.05) is 0 Å². The van der Waals surface area contributed by atoms with Crippen molar-refractivity contribution in [1.82, 2.24) is 0 Å². The highest BCUT2D eigenvalue weighted by Crippen LogP contribution is 2.51. The highest BCUT2D eigenvalue weighted by atomic mass is 19.4. The number of benzene rings is 2. The first kappa shape index (κ1) is 16.4. The van der Waals surface area contributed by atoms with E-state index in [1.165, 1.54) is 30.3 Å². The van der Waals surface area contributed by atoms with Crippen LogP contribution in [0.15, 0.2) is 54.6 Å². The molecule has 0 saturated heterocycles. The lowest BCUT2D eigenvalue weighted by atomic mass is 9.80. The van der Waals surface area contributed by atoms with Gasteiger partial charge in [-0.25, -0.2) is 0 Å². The number of hydrogen-bond acceptors (Lipinski definition) is 1. The molecule has 0 heterocycles. The summed E-state index contributed by atoms with van der Waals surface area (Å²) in [5.41, 5.74) is -3.87. The van der Waals surface area contributed by atoms with Crippen LogP contribution in [0, 0.1) is 6.92 Å². The molecule has 1 unspecified atom stereocenters. The average molecular weight is 316 g/mol. The van der Waals surface area contributed by atoms with Crippen LogP contribution in [-0.2, 0) is 5.60 Å². The van der Waals surface area contributed by atoms with Gasteiger partial charge >= 0.3 is 12.1 Å². The van der Waals surface area contributed by atoms with Crippen molar-refractivity contribution in [3.05, 3.63) is 71.3 Å². The van der Waals surface area contributed by atoms with Crippen LogP contribution in [0.3, 0.4) is 0 Å². The van der Waals surface area contributed by atoms with E-state index < -0.39 is 28.8 Å². The van der Waals surface area contributed by atoms with E-state index in [9.17, 15) is 27.1 Å². The van der Waals surface area contributed by atoms with E-state index >= 15 is 0 Å². The Hall–Kier alpha value is -1.95. The maximum Gasteiger partial charge on any atom is 0.457 e. The van der Waals surface area contributed by atoms with Gasteiger partial charge in [-0.05, 0) is 18.1 Å². The molecule has 1 N–H and O–H groups in total. The molecule has 0 amide bonds. The van der Waals surface area contributed by atoms with Crippen molar-refractivity contribution in [3.63, 3.8) is 0 Å². The predicted octanol–water partition coefficient (Wildman–Crippen LogP) is 4.43. The Kier molecular flexibility index (Phi) is 4.00. The summed E-state index contributed by atoms with van der Waals surface area (Å²) in [6, 6.07) is 11.0. The first-order chi connectivity index (χ1) is 10.1. The lowest BCUT2D eigenvalue weighted by Gasteiger charge is -2.37. The van der Waals surface area contributed by atoms with Gasteiger partial charge in [-0.15, -0.1) is 0 Å². The van der Waals surface area contributed by atoms with Crippen LogP contribution in [0.4, 0.5) is 22.0 Å². The van der Waals surface area contributed by atoms with E-state index in [0.717, 1.165) is 24.3 Å².